The Hall–Kier alpha value is -3.58. The third-order valence-corrected chi connectivity index (χ3v) is 28.3. The van der Waals surface area contributed by atoms with Crippen LogP contribution in [0.3, 0.4) is 0 Å². The van der Waals surface area contributed by atoms with Gasteiger partial charge in [0.05, 0.1) is 35.9 Å². The third-order valence-electron chi connectivity index (χ3n) is 11.2. The molecule has 0 saturated heterocycles. The molecule has 4 nitrogen and oxygen atoms in total. The zero-order valence-electron chi connectivity index (χ0n) is 62.2. The maximum atomic E-state index is 9.50. The smallest absolute Gasteiger partial charge is 0.357 e. The van der Waals surface area contributed by atoms with E-state index >= 15 is 0 Å². The number of rotatable bonds is 20. The first-order valence-corrected chi connectivity index (χ1v) is 51.1. The molecule has 0 heterocycles. The zero-order chi connectivity index (χ0) is 75.3. The Labute approximate surface area is 671 Å². The lowest BCUT2D eigenvalue weighted by atomic mass is 10.4. The highest BCUT2D eigenvalue weighted by atomic mass is 127. The molecule has 100 heavy (non-hydrogen) atoms. The van der Waals surface area contributed by atoms with Crippen LogP contribution in [0.5, 0.6) is 0 Å². The van der Waals surface area contributed by atoms with E-state index in [-0.39, 0.29) is 106 Å². The molecule has 0 bridgehead atoms. The van der Waals surface area contributed by atoms with E-state index in [1.165, 1.54) is 137 Å². The SMILES string of the molecule is CCC[SiH3].CCNCCC[SiH3].CF.CF.CF.CF.CF.CNC[SiH3].COCCC[SiH3].COC[SiH3].c1ccc([I+]c2ccccc2)cc1.c1ccc([I+]c2ccccc2)cc1.c1ccc([I+]c2ccccc2)cc1.c1ccc([I+]c2ccccc2)cc1.c1ccc([I+]c2ccccc2)cc1. The van der Waals surface area contributed by atoms with Crippen LogP contribution < -0.4 is 117 Å². The average Bonchev–Trinajstić information content (AvgIpc) is 1.16. The topological polar surface area (TPSA) is 42.5 Å². The number of hydrogen-bond donors (Lipinski definition) is 2. The van der Waals surface area contributed by atoms with E-state index in [1.807, 2.05) is 7.05 Å². The lowest BCUT2D eigenvalue weighted by Crippen LogP contribution is -3.61. The van der Waals surface area contributed by atoms with Crippen molar-refractivity contribution in [2.24, 2.45) is 0 Å². The monoisotopic (exact) mass is 2020 g/mol. The van der Waals surface area contributed by atoms with Gasteiger partial charge in [0.2, 0.25) is 0 Å². The molecular formula is C81H119F5I5N2O2Si5+5. The molecule has 0 spiro atoms. The van der Waals surface area contributed by atoms with E-state index in [2.05, 4.69) is 333 Å². The van der Waals surface area contributed by atoms with Gasteiger partial charge in [0.1, 0.15) is 0 Å². The van der Waals surface area contributed by atoms with Crippen LogP contribution in [0.4, 0.5) is 22.0 Å². The number of ether oxygens (including phenoxy) is 2. The van der Waals surface area contributed by atoms with Gasteiger partial charge in [0.25, 0.3) is 0 Å². The zero-order valence-corrected chi connectivity index (χ0v) is 83.0. The van der Waals surface area contributed by atoms with Crippen LogP contribution in [-0.2, 0) is 9.47 Å². The molecule has 2 N–H and O–H groups in total. The van der Waals surface area contributed by atoms with E-state index < -0.39 is 0 Å². The van der Waals surface area contributed by atoms with Crippen molar-refractivity contribution in [1.29, 1.82) is 0 Å². The van der Waals surface area contributed by atoms with Gasteiger partial charge in [-0.15, -0.1) is 0 Å². The molecule has 0 aliphatic rings. The molecular weight excluding hydrogens is 1900 g/mol. The molecule has 10 rings (SSSR count). The van der Waals surface area contributed by atoms with Crippen molar-refractivity contribution in [3.05, 3.63) is 339 Å². The van der Waals surface area contributed by atoms with Gasteiger partial charge in [0, 0.05) is 78.3 Å². The maximum absolute atomic E-state index is 9.50. The standard InChI is InChI=1S/5C12H10I.C5H15NSi.C4H12OSi.C3H10Si.C2H9NSi.C2H8OSi.5CH3F/c5*1-3-7-11(8-4-1)13-12-9-5-2-6-10-12;1-2-6-4-3-5-7;1-5-3-2-4-6;1-2-3-4;2*1-3-2-4;5*1-2/h5*1-10H;6H,2-5H2,1,7H3;2-4H2,1,6H3;2-3H2,1,4H3;3H,2H2,1,4H3;2H2,1,4H3;5*1H3/q5*+1;;;;;;;;;;. The fourth-order valence-electron chi connectivity index (χ4n) is 6.17. The second kappa shape index (κ2) is 91.5. The summed E-state index contributed by atoms with van der Waals surface area (Å²) in [5, 5.41) is 6.26. The molecule has 10 aromatic rings. The highest BCUT2D eigenvalue weighted by Gasteiger charge is 2.16. The summed E-state index contributed by atoms with van der Waals surface area (Å²) in [7, 11) is 14.5. The van der Waals surface area contributed by atoms with Gasteiger partial charge in [-0.3, -0.25) is 22.0 Å². The van der Waals surface area contributed by atoms with E-state index in [9.17, 15) is 22.0 Å². The Morgan fingerprint density at radius 1 is 0.290 bits per heavy atom. The van der Waals surface area contributed by atoms with Crippen molar-refractivity contribution >= 4 is 51.2 Å². The molecule has 10 aromatic carbocycles. The van der Waals surface area contributed by atoms with E-state index in [1.54, 1.807) is 14.2 Å². The number of alkyl halides is 5. The van der Waals surface area contributed by atoms with Crippen LogP contribution in [0, 0.1) is 35.7 Å². The molecule has 0 aliphatic heterocycles. The summed E-state index contributed by atoms with van der Waals surface area (Å²) in [6, 6.07) is 111. The van der Waals surface area contributed by atoms with Crippen molar-refractivity contribution in [2.75, 3.05) is 89.2 Å². The fraction of sp³-hybridized carbons (Fsp3) is 0.259. The van der Waals surface area contributed by atoms with Crippen LogP contribution in [0.15, 0.2) is 303 Å². The quantitative estimate of drug-likeness (QED) is 0.0457. The first-order chi connectivity index (χ1) is 49.3. The molecule has 0 saturated carbocycles. The highest BCUT2D eigenvalue weighted by Crippen LogP contribution is 1.91. The van der Waals surface area contributed by atoms with Gasteiger partial charge in [0.15, 0.2) is 35.7 Å². The highest BCUT2D eigenvalue weighted by molar-refractivity contribution is 6.09. The molecule has 0 radical (unpaired) electrons. The molecule has 0 aromatic heterocycles. The fourth-order valence-corrected chi connectivity index (χ4v) is 18.2. The molecule has 0 amide bonds. The van der Waals surface area contributed by atoms with E-state index in [0.29, 0.717) is 35.9 Å². The van der Waals surface area contributed by atoms with E-state index in [4.69, 9.17) is 4.74 Å². The Balaban J connectivity index is -0.000000338. The lowest BCUT2D eigenvalue weighted by molar-refractivity contribution is -0.597. The largest absolute Gasteiger partial charge is 0.389 e. The summed E-state index contributed by atoms with van der Waals surface area (Å²) in [6.45, 7) is 7.66. The molecule has 0 atom stereocenters. The maximum Gasteiger partial charge on any atom is 0.357 e. The van der Waals surface area contributed by atoms with Gasteiger partial charge in [-0.1, -0.05) is 220 Å². The summed E-state index contributed by atoms with van der Waals surface area (Å²) in [5.74, 6) is 0. The molecule has 19 heteroatoms. The normalized spacial score (nSPS) is 8.95. The van der Waals surface area contributed by atoms with Gasteiger partial charge >= 0.3 is 106 Å². The minimum absolute atomic E-state index is 0.0287. The van der Waals surface area contributed by atoms with Gasteiger partial charge in [-0.2, -0.15) is 0 Å². The van der Waals surface area contributed by atoms with Gasteiger partial charge in [-0.25, -0.2) is 0 Å². The van der Waals surface area contributed by atoms with Crippen molar-refractivity contribution in [3.63, 3.8) is 0 Å². The molecule has 550 valence electrons. The minimum atomic E-state index is 0.0287. The van der Waals surface area contributed by atoms with Crippen LogP contribution in [0.1, 0.15) is 33.1 Å². The average molecular weight is 2020 g/mol. The first-order valence-electron chi connectivity index (χ1n) is 33.3. The Kier molecular flexibility index (Phi) is 96.1. The number of halogens is 10. The second-order valence-electron chi connectivity index (χ2n) is 18.8. The Morgan fingerprint density at radius 2 is 0.450 bits per heavy atom. The van der Waals surface area contributed by atoms with Crippen LogP contribution >= 0.6 is 0 Å². The summed E-state index contributed by atoms with van der Waals surface area (Å²) < 4.78 is 71.7. The Morgan fingerprint density at radius 3 is 0.540 bits per heavy atom. The predicted molar refractivity (Wildman–Crippen MR) is 426 cm³/mol. The number of methoxy groups -OCH3 is 2. The van der Waals surface area contributed by atoms with Crippen molar-refractivity contribution in [3.8, 4) is 0 Å². The third kappa shape index (κ3) is 72.8. The number of benzene rings is 10. The Bertz CT molecular complexity index is 2360. The van der Waals surface area contributed by atoms with Crippen molar-refractivity contribution < 1.29 is 137 Å². The predicted octanol–water partition coefficient (Wildman–Crippen LogP) is -0.756. The number of hydrogen-bond acceptors (Lipinski definition) is 4. The summed E-state index contributed by atoms with van der Waals surface area (Å²) >= 11 is 0.143. The number of nitrogens with one attached hydrogen (secondary N) is 2. The van der Waals surface area contributed by atoms with Crippen molar-refractivity contribution in [2.45, 2.75) is 51.2 Å². The molecule has 0 aliphatic carbocycles. The molecule has 0 unspecified atom stereocenters. The summed E-state index contributed by atoms with van der Waals surface area (Å²) in [6.07, 6.45) is 6.18. The summed E-state index contributed by atoms with van der Waals surface area (Å²) in [4.78, 5) is 0. The van der Waals surface area contributed by atoms with E-state index in [0.717, 1.165) is 19.4 Å². The van der Waals surface area contributed by atoms with Crippen LogP contribution in [0.2, 0.25) is 18.1 Å². The van der Waals surface area contributed by atoms with Gasteiger partial charge < -0.3 is 20.1 Å². The van der Waals surface area contributed by atoms with Crippen molar-refractivity contribution in [1.82, 2.24) is 10.6 Å². The first kappa shape index (κ1) is 105. The molecule has 0 fully saturated rings. The van der Waals surface area contributed by atoms with Crippen LogP contribution in [0.25, 0.3) is 0 Å². The lowest BCUT2D eigenvalue weighted by Gasteiger charge is -1.95. The van der Waals surface area contributed by atoms with Crippen LogP contribution in [-0.4, -0.2) is 140 Å². The second-order valence-corrected chi connectivity index (χ2v) is 38.2. The van der Waals surface area contributed by atoms with Gasteiger partial charge in [-0.05, 0) is 160 Å². The minimum Gasteiger partial charge on any atom is -0.389 e. The summed E-state index contributed by atoms with van der Waals surface area (Å²) in [5.41, 5.74) is 0.